The van der Waals surface area contributed by atoms with Gasteiger partial charge in [0.2, 0.25) is 0 Å². The maximum atomic E-state index is 12.4. The van der Waals surface area contributed by atoms with Crippen LogP contribution in [0.25, 0.3) is 0 Å². The van der Waals surface area contributed by atoms with Gasteiger partial charge < -0.3 is 10.2 Å². The van der Waals surface area contributed by atoms with Crippen LogP contribution in [0, 0.1) is 5.92 Å². The highest BCUT2D eigenvalue weighted by atomic mass is 16.2. The summed E-state index contributed by atoms with van der Waals surface area (Å²) >= 11 is 0. The van der Waals surface area contributed by atoms with Gasteiger partial charge in [0.25, 0.3) is 5.91 Å². The van der Waals surface area contributed by atoms with Crippen LogP contribution in [0.2, 0.25) is 0 Å². The van der Waals surface area contributed by atoms with Crippen molar-refractivity contribution in [1.29, 1.82) is 0 Å². The lowest BCUT2D eigenvalue weighted by Crippen LogP contribution is -2.37. The largest absolute Gasteiger partial charge is 0.337 e. The Balaban J connectivity index is 1.47. The second-order valence-electron chi connectivity index (χ2n) is 6.03. The third-order valence-electron chi connectivity index (χ3n) is 4.48. The molecule has 1 aromatic heterocycles. The number of hydrogen-bond acceptors (Lipinski definition) is 3. The zero-order valence-corrected chi connectivity index (χ0v) is 12.4. The standard InChI is InChI=1S/C17H23N3O/c21-17(15-6-9-18-10-7-15)20-11-8-16(13-20)19-12-14-4-2-1-3-5-14/h1-2,6-7,9-10,14,16,19H,3-5,8,11-13H2/t14-,16-/m1/s1. The number of aromatic nitrogens is 1. The summed E-state index contributed by atoms with van der Waals surface area (Å²) in [6.45, 7) is 2.75. The highest BCUT2D eigenvalue weighted by Crippen LogP contribution is 2.18. The monoisotopic (exact) mass is 285 g/mol. The van der Waals surface area contributed by atoms with E-state index in [2.05, 4.69) is 22.5 Å². The number of amides is 1. The second kappa shape index (κ2) is 6.85. The molecule has 0 radical (unpaired) electrons. The van der Waals surface area contributed by atoms with Gasteiger partial charge in [-0.05, 0) is 50.3 Å². The van der Waals surface area contributed by atoms with Gasteiger partial charge in [-0.3, -0.25) is 9.78 Å². The van der Waals surface area contributed by atoms with Crippen molar-refractivity contribution in [3.05, 3.63) is 42.2 Å². The molecule has 3 rings (SSSR count). The SMILES string of the molecule is O=C(c1ccncc1)N1CC[C@@H](NC[C@@H]2CC=CCC2)C1. The van der Waals surface area contributed by atoms with Crippen LogP contribution in [0.1, 0.15) is 36.0 Å². The van der Waals surface area contributed by atoms with Crippen LogP contribution in [0.5, 0.6) is 0 Å². The first-order valence-electron chi connectivity index (χ1n) is 7.90. The van der Waals surface area contributed by atoms with Gasteiger partial charge in [-0.1, -0.05) is 12.2 Å². The predicted molar refractivity (Wildman–Crippen MR) is 83.0 cm³/mol. The third-order valence-corrected chi connectivity index (χ3v) is 4.48. The van der Waals surface area contributed by atoms with E-state index in [0.717, 1.165) is 37.5 Å². The van der Waals surface area contributed by atoms with E-state index in [-0.39, 0.29) is 5.91 Å². The van der Waals surface area contributed by atoms with Crippen LogP contribution in [-0.4, -0.2) is 41.5 Å². The first kappa shape index (κ1) is 14.3. The fraction of sp³-hybridized carbons (Fsp3) is 0.529. The van der Waals surface area contributed by atoms with Crippen molar-refractivity contribution in [3.8, 4) is 0 Å². The molecule has 112 valence electrons. The summed E-state index contributed by atoms with van der Waals surface area (Å²) in [4.78, 5) is 18.3. The summed E-state index contributed by atoms with van der Waals surface area (Å²) in [6.07, 6.45) is 12.7. The van der Waals surface area contributed by atoms with E-state index >= 15 is 0 Å². The van der Waals surface area contributed by atoms with E-state index in [1.54, 1.807) is 24.5 Å². The minimum absolute atomic E-state index is 0.127. The zero-order chi connectivity index (χ0) is 14.5. The van der Waals surface area contributed by atoms with Gasteiger partial charge in [0.05, 0.1) is 0 Å². The third kappa shape index (κ3) is 3.70. The van der Waals surface area contributed by atoms with Crippen LogP contribution in [0.3, 0.4) is 0 Å². The average Bonchev–Trinajstić information content (AvgIpc) is 3.03. The highest BCUT2D eigenvalue weighted by molar-refractivity contribution is 5.94. The number of rotatable bonds is 4. The molecule has 1 fully saturated rings. The van der Waals surface area contributed by atoms with E-state index < -0.39 is 0 Å². The molecule has 0 saturated carbocycles. The quantitative estimate of drug-likeness (QED) is 0.863. The molecule has 1 aromatic rings. The molecule has 0 unspecified atom stereocenters. The maximum absolute atomic E-state index is 12.4. The summed E-state index contributed by atoms with van der Waals surface area (Å²) in [7, 11) is 0. The second-order valence-corrected chi connectivity index (χ2v) is 6.03. The molecule has 1 amide bonds. The Labute approximate surface area is 126 Å². The molecule has 1 aliphatic carbocycles. The minimum Gasteiger partial charge on any atom is -0.337 e. The van der Waals surface area contributed by atoms with Crippen molar-refractivity contribution in [1.82, 2.24) is 15.2 Å². The Morgan fingerprint density at radius 1 is 1.29 bits per heavy atom. The van der Waals surface area contributed by atoms with Gasteiger partial charge in [0, 0.05) is 37.1 Å². The number of hydrogen-bond donors (Lipinski definition) is 1. The van der Waals surface area contributed by atoms with Gasteiger partial charge >= 0.3 is 0 Å². The topological polar surface area (TPSA) is 45.2 Å². The van der Waals surface area contributed by atoms with E-state index in [4.69, 9.17) is 0 Å². The highest BCUT2D eigenvalue weighted by Gasteiger charge is 2.27. The van der Waals surface area contributed by atoms with Crippen molar-refractivity contribution in [2.24, 2.45) is 5.92 Å². The van der Waals surface area contributed by atoms with E-state index in [1.165, 1.54) is 19.3 Å². The van der Waals surface area contributed by atoms with E-state index in [1.807, 2.05) is 4.90 Å². The molecule has 2 aliphatic rings. The molecule has 1 aliphatic heterocycles. The van der Waals surface area contributed by atoms with Crippen molar-refractivity contribution in [2.75, 3.05) is 19.6 Å². The molecular weight excluding hydrogens is 262 g/mol. The summed E-state index contributed by atoms with van der Waals surface area (Å²) < 4.78 is 0. The average molecular weight is 285 g/mol. The first-order valence-corrected chi connectivity index (χ1v) is 7.90. The Hall–Kier alpha value is -1.68. The smallest absolute Gasteiger partial charge is 0.254 e. The Morgan fingerprint density at radius 3 is 2.90 bits per heavy atom. The summed E-state index contributed by atoms with van der Waals surface area (Å²) in [5, 5.41) is 3.65. The van der Waals surface area contributed by atoms with Gasteiger partial charge in [0.15, 0.2) is 0 Å². The van der Waals surface area contributed by atoms with Crippen LogP contribution in [0.15, 0.2) is 36.7 Å². The number of nitrogens with one attached hydrogen (secondary N) is 1. The number of allylic oxidation sites excluding steroid dienone is 2. The van der Waals surface area contributed by atoms with Crippen molar-refractivity contribution >= 4 is 5.91 Å². The van der Waals surface area contributed by atoms with Crippen molar-refractivity contribution in [2.45, 2.75) is 31.7 Å². The fourth-order valence-electron chi connectivity index (χ4n) is 3.16. The van der Waals surface area contributed by atoms with E-state index in [9.17, 15) is 4.79 Å². The number of nitrogens with zero attached hydrogens (tertiary/aromatic N) is 2. The zero-order valence-electron chi connectivity index (χ0n) is 12.4. The molecule has 1 N–H and O–H groups in total. The summed E-state index contributed by atoms with van der Waals surface area (Å²) in [5.41, 5.74) is 0.739. The predicted octanol–water partition coefficient (Wildman–Crippen LogP) is 2.24. The van der Waals surface area contributed by atoms with Crippen LogP contribution < -0.4 is 5.32 Å². The fourth-order valence-corrected chi connectivity index (χ4v) is 3.16. The van der Waals surface area contributed by atoms with Gasteiger partial charge in [-0.25, -0.2) is 0 Å². The minimum atomic E-state index is 0.127. The normalized spacial score (nSPS) is 25.2. The van der Waals surface area contributed by atoms with E-state index in [0.29, 0.717) is 6.04 Å². The molecule has 2 atom stereocenters. The van der Waals surface area contributed by atoms with Crippen LogP contribution in [-0.2, 0) is 0 Å². The summed E-state index contributed by atoms with van der Waals surface area (Å²) in [5.74, 6) is 0.891. The first-order chi connectivity index (χ1) is 10.3. The number of likely N-dealkylation sites (tertiary alicyclic amines) is 1. The molecule has 2 heterocycles. The molecule has 0 aromatic carbocycles. The van der Waals surface area contributed by atoms with Crippen molar-refractivity contribution < 1.29 is 4.79 Å². The molecule has 21 heavy (non-hydrogen) atoms. The van der Waals surface area contributed by atoms with Crippen molar-refractivity contribution in [3.63, 3.8) is 0 Å². The Morgan fingerprint density at radius 2 is 2.14 bits per heavy atom. The number of carbonyl (C=O) groups is 1. The van der Waals surface area contributed by atoms with Gasteiger partial charge in [-0.15, -0.1) is 0 Å². The Bertz CT molecular complexity index is 500. The van der Waals surface area contributed by atoms with Gasteiger partial charge in [-0.2, -0.15) is 0 Å². The Kier molecular flexibility index (Phi) is 4.65. The molecule has 0 bridgehead atoms. The van der Waals surface area contributed by atoms with Gasteiger partial charge in [0.1, 0.15) is 0 Å². The summed E-state index contributed by atoms with van der Waals surface area (Å²) in [6, 6.07) is 4.02. The lowest BCUT2D eigenvalue weighted by atomic mass is 9.94. The number of carbonyl (C=O) groups excluding carboxylic acids is 1. The molecular formula is C17H23N3O. The van der Waals surface area contributed by atoms with Crippen LogP contribution in [0.4, 0.5) is 0 Å². The molecule has 4 heteroatoms. The number of pyridine rings is 1. The molecule has 1 saturated heterocycles. The maximum Gasteiger partial charge on any atom is 0.254 e. The molecule has 0 spiro atoms. The van der Waals surface area contributed by atoms with Crippen LogP contribution >= 0.6 is 0 Å². The molecule has 4 nitrogen and oxygen atoms in total. The lowest BCUT2D eigenvalue weighted by Gasteiger charge is -2.21. The lowest BCUT2D eigenvalue weighted by molar-refractivity contribution is 0.0789.